The SMILES string of the molecule is Cc1cc(-c2cc3cnc(NC(=O)C4C5CCCCC54)cc3[nH]2)ccn1. The number of amides is 1. The summed E-state index contributed by atoms with van der Waals surface area (Å²) in [7, 11) is 0. The van der Waals surface area contributed by atoms with Crippen LogP contribution in [0.2, 0.25) is 0 Å². The molecule has 3 heterocycles. The number of nitrogens with one attached hydrogen (secondary N) is 2. The van der Waals surface area contributed by atoms with Gasteiger partial charge in [-0.15, -0.1) is 0 Å². The minimum absolute atomic E-state index is 0.144. The number of nitrogens with zero attached hydrogens (tertiary/aromatic N) is 2. The smallest absolute Gasteiger partial charge is 0.229 e. The standard InChI is InChI=1S/C21H22N4O/c1-12-8-13(6-7-22-12)17-9-14-11-23-19(10-18(14)24-17)25-21(26)20-15-4-2-3-5-16(15)20/h6-11,15-16,20,24H,2-5H2,1H3,(H,23,25,26). The van der Waals surface area contributed by atoms with Crippen LogP contribution < -0.4 is 5.32 Å². The van der Waals surface area contributed by atoms with Gasteiger partial charge in [-0.25, -0.2) is 4.98 Å². The lowest BCUT2D eigenvalue weighted by Crippen LogP contribution is -2.16. The Balaban J connectivity index is 1.37. The van der Waals surface area contributed by atoms with Gasteiger partial charge in [0.1, 0.15) is 5.82 Å². The van der Waals surface area contributed by atoms with E-state index in [1.807, 2.05) is 31.5 Å². The van der Waals surface area contributed by atoms with Crippen molar-refractivity contribution >= 4 is 22.6 Å². The fourth-order valence-corrected chi connectivity index (χ4v) is 4.55. The first-order valence-electron chi connectivity index (χ1n) is 9.42. The number of fused-ring (bicyclic) bond motifs is 2. The molecule has 3 aromatic heterocycles. The average Bonchev–Trinajstić information content (AvgIpc) is 3.23. The fraction of sp³-hybridized carbons (Fsp3) is 0.381. The molecule has 2 N–H and O–H groups in total. The van der Waals surface area contributed by atoms with Crippen molar-refractivity contribution in [3.8, 4) is 11.3 Å². The molecule has 2 atom stereocenters. The van der Waals surface area contributed by atoms with E-state index in [9.17, 15) is 4.79 Å². The quantitative estimate of drug-likeness (QED) is 0.742. The Labute approximate surface area is 152 Å². The van der Waals surface area contributed by atoms with Crippen LogP contribution in [0.15, 0.2) is 36.7 Å². The van der Waals surface area contributed by atoms with Crippen LogP contribution in [0, 0.1) is 24.7 Å². The molecule has 1 amide bonds. The third kappa shape index (κ3) is 2.68. The van der Waals surface area contributed by atoms with E-state index in [4.69, 9.17) is 0 Å². The molecule has 0 bridgehead atoms. The Bertz CT molecular complexity index is 981. The number of carbonyl (C=O) groups is 1. The molecule has 0 saturated heterocycles. The lowest BCUT2D eigenvalue weighted by molar-refractivity contribution is -0.117. The van der Waals surface area contributed by atoms with E-state index < -0.39 is 0 Å². The van der Waals surface area contributed by atoms with E-state index in [-0.39, 0.29) is 11.8 Å². The van der Waals surface area contributed by atoms with E-state index in [2.05, 4.69) is 32.4 Å². The monoisotopic (exact) mass is 346 g/mol. The number of hydrogen-bond donors (Lipinski definition) is 2. The van der Waals surface area contributed by atoms with Crippen LogP contribution in [0.5, 0.6) is 0 Å². The molecule has 2 fully saturated rings. The molecule has 2 unspecified atom stereocenters. The van der Waals surface area contributed by atoms with E-state index in [1.165, 1.54) is 25.7 Å². The maximum Gasteiger partial charge on any atom is 0.229 e. The molecule has 0 spiro atoms. The maximum absolute atomic E-state index is 12.6. The summed E-state index contributed by atoms with van der Waals surface area (Å²) in [5.74, 6) is 2.20. The summed E-state index contributed by atoms with van der Waals surface area (Å²) < 4.78 is 0. The highest BCUT2D eigenvalue weighted by Gasteiger charge is 2.54. The molecule has 2 aliphatic rings. The summed E-state index contributed by atoms with van der Waals surface area (Å²) in [4.78, 5) is 24.7. The average molecular weight is 346 g/mol. The summed E-state index contributed by atoms with van der Waals surface area (Å²) in [6.07, 6.45) is 8.60. The molecule has 2 saturated carbocycles. The second-order valence-corrected chi connectivity index (χ2v) is 7.65. The number of anilines is 1. The van der Waals surface area contributed by atoms with E-state index in [0.29, 0.717) is 17.7 Å². The lowest BCUT2D eigenvalue weighted by Gasteiger charge is -2.04. The molecule has 5 nitrogen and oxygen atoms in total. The van der Waals surface area contributed by atoms with Crippen molar-refractivity contribution in [2.45, 2.75) is 32.6 Å². The molecule has 5 rings (SSSR count). The summed E-state index contributed by atoms with van der Waals surface area (Å²) in [6, 6.07) is 8.05. The van der Waals surface area contributed by atoms with Crippen LogP contribution in [-0.2, 0) is 4.79 Å². The Morgan fingerprint density at radius 3 is 2.73 bits per heavy atom. The highest BCUT2D eigenvalue weighted by molar-refractivity contribution is 5.96. The molecule has 2 aliphatic carbocycles. The van der Waals surface area contributed by atoms with Gasteiger partial charge in [-0.3, -0.25) is 9.78 Å². The van der Waals surface area contributed by atoms with Crippen molar-refractivity contribution in [1.82, 2.24) is 15.0 Å². The zero-order chi connectivity index (χ0) is 17.7. The van der Waals surface area contributed by atoms with Crippen molar-refractivity contribution in [3.05, 3.63) is 42.4 Å². The Hall–Kier alpha value is -2.69. The van der Waals surface area contributed by atoms with Gasteiger partial charge in [0.05, 0.1) is 5.52 Å². The minimum Gasteiger partial charge on any atom is -0.354 e. The second kappa shape index (κ2) is 5.94. The molecule has 0 aliphatic heterocycles. The predicted molar refractivity (Wildman–Crippen MR) is 102 cm³/mol. The van der Waals surface area contributed by atoms with Gasteiger partial charge in [0.15, 0.2) is 0 Å². The van der Waals surface area contributed by atoms with Crippen molar-refractivity contribution in [3.63, 3.8) is 0 Å². The van der Waals surface area contributed by atoms with Crippen LogP contribution in [0.4, 0.5) is 5.82 Å². The van der Waals surface area contributed by atoms with E-state index in [0.717, 1.165) is 27.9 Å². The topological polar surface area (TPSA) is 70.7 Å². The van der Waals surface area contributed by atoms with Crippen molar-refractivity contribution in [2.24, 2.45) is 17.8 Å². The van der Waals surface area contributed by atoms with Crippen molar-refractivity contribution in [1.29, 1.82) is 0 Å². The number of rotatable bonds is 3. The number of aryl methyl sites for hydroxylation is 1. The summed E-state index contributed by atoms with van der Waals surface area (Å²) in [5.41, 5.74) is 4.09. The molecule has 0 aromatic carbocycles. The van der Waals surface area contributed by atoms with Crippen LogP contribution in [0.3, 0.4) is 0 Å². The van der Waals surface area contributed by atoms with Gasteiger partial charge in [-0.2, -0.15) is 0 Å². The normalized spacial score (nSPS) is 24.3. The maximum atomic E-state index is 12.6. The van der Waals surface area contributed by atoms with Crippen LogP contribution >= 0.6 is 0 Å². The fourth-order valence-electron chi connectivity index (χ4n) is 4.55. The molecule has 3 aromatic rings. The molecular weight excluding hydrogens is 324 g/mol. The summed E-state index contributed by atoms with van der Waals surface area (Å²) in [6.45, 7) is 1.98. The highest BCUT2D eigenvalue weighted by Crippen LogP contribution is 2.55. The Kier molecular flexibility index (Phi) is 3.55. The zero-order valence-electron chi connectivity index (χ0n) is 14.8. The number of aromatic nitrogens is 3. The highest BCUT2D eigenvalue weighted by atomic mass is 16.2. The molecular formula is C21H22N4O. The third-order valence-electron chi connectivity index (χ3n) is 5.92. The van der Waals surface area contributed by atoms with Gasteiger partial charge >= 0.3 is 0 Å². The van der Waals surface area contributed by atoms with Crippen LogP contribution in [0.25, 0.3) is 22.2 Å². The van der Waals surface area contributed by atoms with Gasteiger partial charge in [0, 0.05) is 46.7 Å². The van der Waals surface area contributed by atoms with Gasteiger partial charge in [0.2, 0.25) is 5.91 Å². The molecule has 132 valence electrons. The Morgan fingerprint density at radius 1 is 1.15 bits per heavy atom. The first kappa shape index (κ1) is 15.6. The minimum atomic E-state index is 0.144. The largest absolute Gasteiger partial charge is 0.354 e. The molecule has 0 radical (unpaired) electrons. The third-order valence-corrected chi connectivity index (χ3v) is 5.92. The molecule has 5 heteroatoms. The number of pyridine rings is 2. The first-order valence-corrected chi connectivity index (χ1v) is 9.42. The number of hydrogen-bond acceptors (Lipinski definition) is 3. The number of H-pyrrole nitrogens is 1. The van der Waals surface area contributed by atoms with Crippen LogP contribution in [-0.4, -0.2) is 20.9 Å². The number of carbonyl (C=O) groups excluding carboxylic acids is 1. The van der Waals surface area contributed by atoms with E-state index >= 15 is 0 Å². The number of aromatic amines is 1. The first-order chi connectivity index (χ1) is 12.7. The summed E-state index contributed by atoms with van der Waals surface area (Å²) >= 11 is 0. The van der Waals surface area contributed by atoms with Gasteiger partial charge < -0.3 is 10.3 Å². The van der Waals surface area contributed by atoms with Crippen molar-refractivity contribution < 1.29 is 4.79 Å². The van der Waals surface area contributed by atoms with Gasteiger partial charge in [-0.1, -0.05) is 12.8 Å². The van der Waals surface area contributed by atoms with Crippen molar-refractivity contribution in [2.75, 3.05) is 5.32 Å². The summed E-state index contributed by atoms with van der Waals surface area (Å²) in [5, 5.41) is 4.07. The lowest BCUT2D eigenvalue weighted by atomic mass is 10.0. The predicted octanol–water partition coefficient (Wildman–Crippen LogP) is 4.31. The van der Waals surface area contributed by atoms with E-state index in [1.54, 1.807) is 0 Å². The van der Waals surface area contributed by atoms with Crippen LogP contribution in [0.1, 0.15) is 31.4 Å². The van der Waals surface area contributed by atoms with Gasteiger partial charge in [0.25, 0.3) is 0 Å². The van der Waals surface area contributed by atoms with Gasteiger partial charge in [-0.05, 0) is 49.8 Å². The zero-order valence-corrected chi connectivity index (χ0v) is 14.8. The molecule has 26 heavy (non-hydrogen) atoms. The second-order valence-electron chi connectivity index (χ2n) is 7.65. The Morgan fingerprint density at radius 2 is 1.96 bits per heavy atom.